The maximum Gasteiger partial charge on any atom is 0.232 e. The maximum absolute atomic E-state index is 11.7. The third-order valence-corrected chi connectivity index (χ3v) is 2.32. The highest BCUT2D eigenvalue weighted by atomic mass is 16.4. The van der Waals surface area contributed by atoms with E-state index in [1.807, 2.05) is 20.8 Å². The second kappa shape index (κ2) is 4.98. The van der Waals surface area contributed by atoms with Gasteiger partial charge in [-0.1, -0.05) is 13.8 Å². The number of aliphatic hydroxyl groups excluding tert-OH is 1. The van der Waals surface area contributed by atoms with E-state index >= 15 is 0 Å². The smallest absolute Gasteiger partial charge is 0.232 e. The number of carbonyl (C=O) groups excluding carboxylic acids is 1. The Morgan fingerprint density at radius 1 is 1.53 bits per heavy atom. The molecular formula is C11H17NO3. The minimum atomic E-state index is -0.393. The summed E-state index contributed by atoms with van der Waals surface area (Å²) in [5, 5.41) is 11.7. The molecule has 1 atom stereocenters. The van der Waals surface area contributed by atoms with Gasteiger partial charge in [0.2, 0.25) is 5.91 Å². The van der Waals surface area contributed by atoms with E-state index < -0.39 is 5.92 Å². The molecule has 1 aromatic rings. The minimum absolute atomic E-state index is 0.103. The number of amides is 1. The Morgan fingerprint density at radius 2 is 2.20 bits per heavy atom. The number of aliphatic hydroxyl groups is 1. The minimum Gasteiger partial charge on any atom is -0.446 e. The third-order valence-electron chi connectivity index (χ3n) is 2.32. The Hall–Kier alpha value is -1.29. The molecular weight excluding hydrogens is 194 g/mol. The Labute approximate surface area is 89.3 Å². The first-order valence-corrected chi connectivity index (χ1v) is 5.02. The Balaban J connectivity index is 2.62. The molecule has 1 amide bonds. The third kappa shape index (κ3) is 3.09. The van der Waals surface area contributed by atoms with Gasteiger partial charge in [-0.2, -0.15) is 0 Å². The zero-order valence-corrected chi connectivity index (χ0v) is 9.28. The molecule has 0 saturated heterocycles. The van der Waals surface area contributed by atoms with E-state index in [-0.39, 0.29) is 18.4 Å². The highest BCUT2D eigenvalue weighted by molar-refractivity contribution is 5.91. The van der Waals surface area contributed by atoms with Crippen molar-refractivity contribution in [2.45, 2.75) is 20.8 Å². The van der Waals surface area contributed by atoms with Gasteiger partial charge in [-0.15, -0.1) is 0 Å². The number of nitrogens with one attached hydrogen (secondary N) is 1. The van der Waals surface area contributed by atoms with Crippen molar-refractivity contribution in [3.63, 3.8) is 0 Å². The standard InChI is InChI=1S/C11H17NO3/c1-7(2)9(6-13)11(14)12-10-5-4-8(3)15-10/h4-5,7,9,13H,6H2,1-3H3,(H,12,14). The zero-order chi connectivity index (χ0) is 11.4. The molecule has 84 valence electrons. The van der Waals surface area contributed by atoms with Gasteiger partial charge in [0.25, 0.3) is 0 Å². The Kier molecular flexibility index (Phi) is 3.91. The van der Waals surface area contributed by atoms with Crippen LogP contribution in [0.4, 0.5) is 5.88 Å². The summed E-state index contributed by atoms with van der Waals surface area (Å²) in [5.41, 5.74) is 0. The SMILES string of the molecule is Cc1ccc(NC(=O)C(CO)C(C)C)o1. The van der Waals surface area contributed by atoms with Crippen LogP contribution < -0.4 is 5.32 Å². The largest absolute Gasteiger partial charge is 0.446 e. The van der Waals surface area contributed by atoms with Crippen molar-refractivity contribution < 1.29 is 14.3 Å². The predicted molar refractivity (Wildman–Crippen MR) is 57.5 cm³/mol. The summed E-state index contributed by atoms with van der Waals surface area (Å²) in [6.07, 6.45) is 0. The lowest BCUT2D eigenvalue weighted by atomic mass is 9.96. The first-order chi connectivity index (χ1) is 7.04. The quantitative estimate of drug-likeness (QED) is 0.798. The summed E-state index contributed by atoms with van der Waals surface area (Å²) in [6.45, 7) is 5.45. The van der Waals surface area contributed by atoms with Gasteiger partial charge in [0.1, 0.15) is 5.76 Å². The number of anilines is 1. The van der Waals surface area contributed by atoms with Crippen LogP contribution in [0.2, 0.25) is 0 Å². The van der Waals surface area contributed by atoms with Crippen LogP contribution in [0, 0.1) is 18.8 Å². The summed E-state index contributed by atoms with van der Waals surface area (Å²) in [4.78, 5) is 11.7. The van der Waals surface area contributed by atoms with E-state index in [0.29, 0.717) is 5.88 Å². The molecule has 1 unspecified atom stereocenters. The van der Waals surface area contributed by atoms with Crippen molar-refractivity contribution in [1.29, 1.82) is 0 Å². The first kappa shape index (κ1) is 11.8. The Bertz CT molecular complexity index is 330. The van der Waals surface area contributed by atoms with Crippen molar-refractivity contribution in [3.05, 3.63) is 17.9 Å². The van der Waals surface area contributed by atoms with Crippen LogP contribution in [-0.4, -0.2) is 17.6 Å². The fourth-order valence-corrected chi connectivity index (χ4v) is 1.31. The normalized spacial score (nSPS) is 12.9. The van der Waals surface area contributed by atoms with Crippen molar-refractivity contribution in [3.8, 4) is 0 Å². The second-order valence-electron chi connectivity index (χ2n) is 3.93. The fraction of sp³-hybridized carbons (Fsp3) is 0.545. The van der Waals surface area contributed by atoms with Crippen LogP contribution in [0.3, 0.4) is 0 Å². The molecule has 4 nitrogen and oxygen atoms in total. The van der Waals surface area contributed by atoms with E-state index in [4.69, 9.17) is 9.52 Å². The van der Waals surface area contributed by atoms with E-state index in [1.165, 1.54) is 0 Å². The lowest BCUT2D eigenvalue weighted by Crippen LogP contribution is -2.29. The fourth-order valence-electron chi connectivity index (χ4n) is 1.31. The molecule has 15 heavy (non-hydrogen) atoms. The van der Waals surface area contributed by atoms with E-state index in [1.54, 1.807) is 12.1 Å². The van der Waals surface area contributed by atoms with E-state index in [2.05, 4.69) is 5.32 Å². The average Bonchev–Trinajstić information content (AvgIpc) is 2.51. The number of furan rings is 1. The van der Waals surface area contributed by atoms with Crippen LogP contribution in [0.25, 0.3) is 0 Å². The number of hydrogen-bond donors (Lipinski definition) is 2. The molecule has 0 aromatic carbocycles. The number of carbonyl (C=O) groups is 1. The van der Waals surface area contributed by atoms with Gasteiger partial charge in [0, 0.05) is 6.07 Å². The molecule has 0 saturated carbocycles. The van der Waals surface area contributed by atoms with Gasteiger partial charge < -0.3 is 9.52 Å². The van der Waals surface area contributed by atoms with Crippen LogP contribution >= 0.6 is 0 Å². The molecule has 1 rings (SSSR count). The van der Waals surface area contributed by atoms with E-state index in [9.17, 15) is 4.79 Å². The molecule has 0 aliphatic rings. The van der Waals surface area contributed by atoms with Gasteiger partial charge in [-0.3, -0.25) is 10.1 Å². The van der Waals surface area contributed by atoms with Crippen molar-refractivity contribution in [2.75, 3.05) is 11.9 Å². The second-order valence-corrected chi connectivity index (χ2v) is 3.93. The van der Waals surface area contributed by atoms with Crippen molar-refractivity contribution in [2.24, 2.45) is 11.8 Å². The maximum atomic E-state index is 11.7. The molecule has 0 aliphatic heterocycles. The summed E-state index contributed by atoms with van der Waals surface area (Å²) in [5.74, 6) is 0.676. The lowest BCUT2D eigenvalue weighted by molar-refractivity contribution is -0.122. The molecule has 0 radical (unpaired) electrons. The molecule has 1 aromatic heterocycles. The molecule has 4 heteroatoms. The summed E-state index contributed by atoms with van der Waals surface area (Å²) in [7, 11) is 0. The molecule has 0 fully saturated rings. The summed E-state index contributed by atoms with van der Waals surface area (Å²) in [6, 6.07) is 3.47. The van der Waals surface area contributed by atoms with Gasteiger partial charge in [0.15, 0.2) is 5.88 Å². The van der Waals surface area contributed by atoms with Crippen LogP contribution in [0.1, 0.15) is 19.6 Å². The highest BCUT2D eigenvalue weighted by Crippen LogP contribution is 2.16. The van der Waals surface area contributed by atoms with Crippen LogP contribution in [-0.2, 0) is 4.79 Å². The van der Waals surface area contributed by atoms with Crippen molar-refractivity contribution >= 4 is 11.8 Å². The summed E-state index contributed by atoms with van der Waals surface area (Å²) < 4.78 is 5.21. The number of rotatable bonds is 4. The molecule has 0 bridgehead atoms. The van der Waals surface area contributed by atoms with Crippen LogP contribution in [0.15, 0.2) is 16.5 Å². The Morgan fingerprint density at radius 3 is 2.60 bits per heavy atom. The average molecular weight is 211 g/mol. The summed E-state index contributed by atoms with van der Waals surface area (Å²) >= 11 is 0. The number of hydrogen-bond acceptors (Lipinski definition) is 3. The van der Waals surface area contributed by atoms with Crippen molar-refractivity contribution in [1.82, 2.24) is 0 Å². The zero-order valence-electron chi connectivity index (χ0n) is 9.28. The number of aryl methyl sites for hydroxylation is 1. The highest BCUT2D eigenvalue weighted by Gasteiger charge is 2.21. The monoisotopic (exact) mass is 211 g/mol. The molecule has 0 aliphatic carbocycles. The lowest BCUT2D eigenvalue weighted by Gasteiger charge is -2.16. The topological polar surface area (TPSA) is 62.5 Å². The molecule has 1 heterocycles. The van der Waals surface area contributed by atoms with Gasteiger partial charge in [-0.05, 0) is 18.9 Å². The van der Waals surface area contributed by atoms with Crippen LogP contribution in [0.5, 0.6) is 0 Å². The van der Waals surface area contributed by atoms with E-state index in [0.717, 1.165) is 5.76 Å². The van der Waals surface area contributed by atoms with Gasteiger partial charge >= 0.3 is 0 Å². The molecule has 0 spiro atoms. The first-order valence-electron chi connectivity index (χ1n) is 5.02. The molecule has 2 N–H and O–H groups in total. The van der Waals surface area contributed by atoms with Gasteiger partial charge in [0.05, 0.1) is 12.5 Å². The predicted octanol–water partition coefficient (Wildman–Crippen LogP) is 1.79. The van der Waals surface area contributed by atoms with Gasteiger partial charge in [-0.25, -0.2) is 0 Å².